The number of amides is 1. The van der Waals surface area contributed by atoms with Gasteiger partial charge in [0.15, 0.2) is 17.0 Å². The monoisotopic (exact) mass is 710 g/mol. The number of aromatic amines is 1. The molecule has 1 unspecified atom stereocenters. The van der Waals surface area contributed by atoms with Crippen LogP contribution in [0.15, 0.2) is 17.4 Å². The van der Waals surface area contributed by atoms with Crippen LogP contribution in [0.4, 0.5) is 25.1 Å². The van der Waals surface area contributed by atoms with E-state index < -0.39 is 102 Å². The lowest BCUT2D eigenvalue weighted by atomic mass is 10.2. The molecule has 28 heteroatoms. The summed E-state index contributed by atoms with van der Waals surface area (Å²) in [6.07, 6.45) is -1.46. The Kier molecular flexibility index (Phi) is 9.20. The molecule has 0 saturated carbocycles. The predicted molar refractivity (Wildman–Crippen MR) is 141 cm³/mol. The largest absolute Gasteiger partial charge is 0.517 e. The molecule has 0 bridgehead atoms. The SMILES string of the molecule is Nc1nc2c(ncn2[C@@H]2CN(C(=O)C(CP(=O)(O)O)Nc3nncn3S(=O)(=O)C(F)(F)F)C[C@H]2OC[C@@H](O)P(=O)(O)O)c(=O)[nH]1. The molecule has 1 aliphatic heterocycles. The van der Waals surface area contributed by atoms with E-state index in [4.69, 9.17) is 10.5 Å². The number of aliphatic hydroxyl groups excluding tert-OH is 1. The first-order valence-corrected chi connectivity index (χ1v) is 16.9. The van der Waals surface area contributed by atoms with Gasteiger partial charge in [0.1, 0.15) is 12.4 Å². The van der Waals surface area contributed by atoms with Crippen LogP contribution < -0.4 is 16.6 Å². The Labute approximate surface area is 247 Å². The third-order valence-corrected chi connectivity index (χ3v) is 9.43. The normalized spacial score (nSPS) is 19.6. The summed E-state index contributed by atoms with van der Waals surface area (Å²) in [6.45, 7) is -2.00. The maximum absolute atomic E-state index is 13.6. The Morgan fingerprint density at radius 3 is 2.49 bits per heavy atom. The second-order valence-corrected chi connectivity index (χ2v) is 14.7. The van der Waals surface area contributed by atoms with Crippen molar-refractivity contribution in [3.63, 3.8) is 0 Å². The first-order valence-electron chi connectivity index (χ1n) is 12.0. The average molecular weight is 710 g/mol. The number of nitrogens with one attached hydrogen (secondary N) is 2. The smallest absolute Gasteiger partial charge is 0.378 e. The molecule has 3 aromatic rings. The number of nitrogens with two attached hydrogens (primary N) is 1. The molecule has 1 fully saturated rings. The summed E-state index contributed by atoms with van der Waals surface area (Å²) in [7, 11) is -16.4. The molecule has 0 radical (unpaired) electrons. The Bertz CT molecular complexity index is 1850. The van der Waals surface area contributed by atoms with Crippen LogP contribution in [0.2, 0.25) is 0 Å². The van der Waals surface area contributed by atoms with E-state index in [2.05, 4.69) is 25.1 Å². The maximum Gasteiger partial charge on any atom is 0.517 e. The molecule has 22 nitrogen and oxygen atoms in total. The molecule has 4 heterocycles. The summed E-state index contributed by atoms with van der Waals surface area (Å²) >= 11 is 0. The zero-order chi connectivity index (χ0) is 33.7. The zero-order valence-corrected chi connectivity index (χ0v) is 24.6. The Hall–Kier alpha value is -3.48. The van der Waals surface area contributed by atoms with Crippen molar-refractivity contribution >= 4 is 54.2 Å². The number of likely N-dealkylation sites (tertiary alicyclic amines) is 1. The fourth-order valence-electron chi connectivity index (χ4n) is 4.27. The summed E-state index contributed by atoms with van der Waals surface area (Å²) in [5.41, 5.74) is -1.38. The molecule has 0 aliphatic carbocycles. The summed E-state index contributed by atoms with van der Waals surface area (Å²) in [5.74, 6) is -5.12. The van der Waals surface area contributed by atoms with Gasteiger partial charge in [-0.05, 0) is 0 Å². The molecule has 1 saturated heterocycles. The molecule has 0 spiro atoms. The molecular weight excluding hydrogens is 687 g/mol. The fraction of sp³-hybridized carbons (Fsp3) is 0.529. The number of hydrogen-bond acceptors (Lipinski definition) is 14. The third kappa shape index (κ3) is 7.34. The Morgan fingerprint density at radius 1 is 1.22 bits per heavy atom. The van der Waals surface area contributed by atoms with Crippen LogP contribution in [0, 0.1) is 0 Å². The van der Waals surface area contributed by atoms with Crippen molar-refractivity contribution in [2.45, 2.75) is 29.5 Å². The Morgan fingerprint density at radius 2 is 1.89 bits per heavy atom. The van der Waals surface area contributed by atoms with Crippen LogP contribution in [-0.4, -0.2) is 127 Å². The van der Waals surface area contributed by atoms with Crippen molar-refractivity contribution in [1.82, 2.24) is 38.6 Å². The van der Waals surface area contributed by atoms with Gasteiger partial charge in [0.2, 0.25) is 17.8 Å². The highest BCUT2D eigenvalue weighted by molar-refractivity contribution is 7.90. The number of hydrogen-bond donors (Lipinski definition) is 8. The van der Waals surface area contributed by atoms with Gasteiger partial charge in [0, 0.05) is 13.1 Å². The molecule has 1 aliphatic rings. The first kappa shape index (κ1) is 34.4. The number of carbonyl (C=O) groups is 1. The van der Waals surface area contributed by atoms with Crippen LogP contribution in [0.3, 0.4) is 0 Å². The van der Waals surface area contributed by atoms with Gasteiger partial charge in [0.25, 0.3) is 5.56 Å². The van der Waals surface area contributed by atoms with Crippen LogP contribution >= 0.6 is 15.2 Å². The van der Waals surface area contributed by atoms with Crippen molar-refractivity contribution in [3.8, 4) is 0 Å². The number of aromatic nitrogens is 7. The van der Waals surface area contributed by atoms with Crippen molar-refractivity contribution < 1.29 is 64.9 Å². The lowest BCUT2D eigenvalue weighted by Gasteiger charge is -2.25. The van der Waals surface area contributed by atoms with Crippen molar-refractivity contribution in [2.75, 3.05) is 36.9 Å². The second kappa shape index (κ2) is 12.0. The number of ether oxygens (including phenoxy) is 1. The number of nitrogen functional groups attached to an aromatic ring is 1. The molecular formula is C17H23F3N10O12P2S. The molecule has 45 heavy (non-hydrogen) atoms. The highest BCUT2D eigenvalue weighted by atomic mass is 32.2. The van der Waals surface area contributed by atoms with E-state index in [0.717, 1.165) is 11.2 Å². The lowest BCUT2D eigenvalue weighted by molar-refractivity contribution is -0.131. The van der Waals surface area contributed by atoms with Crippen LogP contribution in [-0.2, 0) is 28.7 Å². The van der Waals surface area contributed by atoms with E-state index in [1.807, 2.05) is 5.32 Å². The predicted octanol–water partition coefficient (Wildman–Crippen LogP) is -3.09. The minimum Gasteiger partial charge on any atom is -0.378 e. The van der Waals surface area contributed by atoms with Crippen molar-refractivity contribution in [1.29, 1.82) is 0 Å². The molecule has 9 N–H and O–H groups in total. The van der Waals surface area contributed by atoms with Gasteiger partial charge in [-0.3, -0.25) is 23.7 Å². The fourth-order valence-corrected chi connectivity index (χ4v) is 5.98. The highest BCUT2D eigenvalue weighted by Crippen LogP contribution is 2.41. The zero-order valence-electron chi connectivity index (χ0n) is 22.0. The number of fused-ring (bicyclic) bond motifs is 1. The molecule has 1 amide bonds. The van der Waals surface area contributed by atoms with Gasteiger partial charge in [-0.15, -0.1) is 10.2 Å². The second-order valence-electron chi connectivity index (χ2n) is 9.47. The van der Waals surface area contributed by atoms with Crippen LogP contribution in [0.1, 0.15) is 6.04 Å². The van der Waals surface area contributed by atoms with E-state index in [9.17, 15) is 65.0 Å². The van der Waals surface area contributed by atoms with Gasteiger partial charge in [0.05, 0.1) is 31.2 Å². The van der Waals surface area contributed by atoms with Gasteiger partial charge in [-0.2, -0.15) is 30.5 Å². The number of carbonyl (C=O) groups excluding carboxylic acids is 1. The van der Waals surface area contributed by atoms with Crippen LogP contribution in [0.25, 0.3) is 11.2 Å². The quantitative estimate of drug-likeness (QED) is 0.0914. The average Bonchev–Trinajstić information content (AvgIpc) is 3.62. The number of H-pyrrole nitrogens is 1. The number of halogens is 3. The van der Waals surface area contributed by atoms with E-state index in [1.165, 1.54) is 4.57 Å². The minimum atomic E-state index is -6.15. The molecule has 0 aromatic carbocycles. The number of alkyl halides is 3. The van der Waals surface area contributed by atoms with Gasteiger partial charge < -0.3 is 49.9 Å². The standard InChI is InChI=1S/C17H23F3N10O12P2S/c18-17(19,20)45(40,41)30-6-23-27-16(30)24-7(4-43(34,35)36)14(33)28-1-8(9(2-28)42-3-10(31)44(37,38)39)29-5-22-11-12(29)25-15(21)26-13(11)32/h5-10,31H,1-4H2,(H,24,27)(H2,34,35,36)(H2,37,38,39)(H3,21,25,26,32)/t7?,8-,9-,10+/m1/s1. The summed E-state index contributed by atoms with van der Waals surface area (Å²) in [6, 6.07) is -3.25. The maximum atomic E-state index is 13.6. The molecule has 3 aromatic heterocycles. The number of nitrogens with zero attached hydrogens (tertiary/aromatic N) is 7. The molecule has 4 atom stereocenters. The number of anilines is 2. The summed E-state index contributed by atoms with van der Waals surface area (Å²) < 4.78 is 92.8. The minimum absolute atomic E-state index is 0.136. The first-order chi connectivity index (χ1) is 20.6. The summed E-state index contributed by atoms with van der Waals surface area (Å²) in [4.78, 5) is 74.4. The molecule has 250 valence electrons. The topological polar surface area (TPSA) is 331 Å². The highest BCUT2D eigenvalue weighted by Gasteiger charge is 2.49. The number of aliphatic hydroxyl groups is 1. The van der Waals surface area contributed by atoms with Crippen LogP contribution in [0.5, 0.6) is 0 Å². The van der Waals surface area contributed by atoms with E-state index in [-0.39, 0.29) is 23.4 Å². The number of rotatable bonds is 11. The van der Waals surface area contributed by atoms with Crippen molar-refractivity contribution in [2.24, 2.45) is 0 Å². The van der Waals surface area contributed by atoms with Gasteiger partial charge in [-0.1, -0.05) is 0 Å². The van der Waals surface area contributed by atoms with Crippen molar-refractivity contribution in [3.05, 3.63) is 23.0 Å². The number of imidazole rings is 1. The van der Waals surface area contributed by atoms with E-state index >= 15 is 0 Å². The third-order valence-electron chi connectivity index (χ3n) is 6.30. The van der Waals surface area contributed by atoms with E-state index in [0.29, 0.717) is 0 Å². The summed E-state index contributed by atoms with van der Waals surface area (Å²) in [5, 5.41) is 18.0. The van der Waals surface area contributed by atoms with Gasteiger partial charge >= 0.3 is 30.7 Å². The van der Waals surface area contributed by atoms with Gasteiger partial charge in [-0.25, -0.2) is 4.98 Å². The van der Waals surface area contributed by atoms with E-state index in [1.54, 1.807) is 0 Å². The Balaban J connectivity index is 1.70. The molecule has 4 rings (SSSR count). The lowest BCUT2D eigenvalue weighted by Crippen LogP contribution is -2.45.